The first-order chi connectivity index (χ1) is 10.1. The second kappa shape index (κ2) is 5.41. The molecule has 110 valence electrons. The van der Waals surface area contributed by atoms with Crippen LogP contribution in [0.15, 0.2) is 42.5 Å². The third-order valence-corrected chi connectivity index (χ3v) is 3.80. The van der Waals surface area contributed by atoms with Crippen LogP contribution in [-0.2, 0) is 19.5 Å². The third kappa shape index (κ3) is 3.03. The van der Waals surface area contributed by atoms with Gasteiger partial charge in [-0.05, 0) is 25.5 Å². The number of aromatic hydroxyl groups is 1. The highest BCUT2D eigenvalue weighted by molar-refractivity contribution is 5.45. The first kappa shape index (κ1) is 14.0. The van der Waals surface area contributed by atoms with E-state index in [4.69, 9.17) is 4.74 Å². The van der Waals surface area contributed by atoms with Crippen LogP contribution in [0.5, 0.6) is 11.5 Å². The van der Waals surface area contributed by atoms with Crippen LogP contribution in [0.2, 0.25) is 0 Å². The molecular formula is C18H21NO2. The summed E-state index contributed by atoms with van der Waals surface area (Å²) >= 11 is 0. The van der Waals surface area contributed by atoms with Crippen molar-refractivity contribution in [3.63, 3.8) is 0 Å². The van der Waals surface area contributed by atoms with Crippen molar-refractivity contribution in [3.8, 4) is 11.5 Å². The van der Waals surface area contributed by atoms with E-state index >= 15 is 0 Å². The summed E-state index contributed by atoms with van der Waals surface area (Å²) in [5.41, 5.74) is 3.25. The van der Waals surface area contributed by atoms with Crippen LogP contribution in [0.1, 0.15) is 30.5 Å². The van der Waals surface area contributed by atoms with Crippen molar-refractivity contribution in [1.29, 1.82) is 0 Å². The molecule has 0 aromatic heterocycles. The highest BCUT2D eigenvalue weighted by atomic mass is 16.5. The maximum Gasteiger partial charge on any atom is 0.127 e. The van der Waals surface area contributed by atoms with Gasteiger partial charge >= 0.3 is 0 Å². The van der Waals surface area contributed by atoms with Crippen LogP contribution in [0, 0.1) is 0 Å². The number of benzene rings is 2. The predicted molar refractivity (Wildman–Crippen MR) is 83.5 cm³/mol. The minimum absolute atomic E-state index is 0.115. The van der Waals surface area contributed by atoms with E-state index in [9.17, 15) is 5.11 Å². The molecule has 1 heterocycles. The number of para-hydroxylation sites is 2. The molecule has 2 aromatic carbocycles. The van der Waals surface area contributed by atoms with Crippen molar-refractivity contribution in [3.05, 3.63) is 59.2 Å². The molecule has 0 amide bonds. The van der Waals surface area contributed by atoms with E-state index in [1.165, 1.54) is 11.1 Å². The Morgan fingerprint density at radius 2 is 1.76 bits per heavy atom. The average Bonchev–Trinajstić information content (AvgIpc) is 2.76. The van der Waals surface area contributed by atoms with E-state index in [0.717, 1.165) is 24.3 Å². The molecule has 0 unspecified atom stereocenters. The van der Waals surface area contributed by atoms with E-state index in [1.807, 2.05) is 18.2 Å². The summed E-state index contributed by atoms with van der Waals surface area (Å²) in [5, 5.41) is 13.1. The lowest BCUT2D eigenvalue weighted by Crippen LogP contribution is -2.25. The fraction of sp³-hybridized carbons (Fsp3) is 0.333. The quantitative estimate of drug-likeness (QED) is 0.903. The molecule has 0 aliphatic carbocycles. The normalized spacial score (nSPS) is 15.5. The van der Waals surface area contributed by atoms with Gasteiger partial charge in [0, 0.05) is 30.6 Å². The van der Waals surface area contributed by atoms with E-state index in [2.05, 4.69) is 37.4 Å². The van der Waals surface area contributed by atoms with E-state index < -0.39 is 0 Å². The molecular weight excluding hydrogens is 262 g/mol. The molecule has 0 saturated carbocycles. The standard InChI is InChI=1S/C18H21NO2/c1-18(2)10-13-7-5-8-15(17(13)21-18)12-19-11-14-6-3-4-9-16(14)20/h3-9,19-20H,10-12H2,1-2H3. The summed E-state index contributed by atoms with van der Waals surface area (Å²) in [6.45, 7) is 5.60. The van der Waals surface area contributed by atoms with E-state index in [0.29, 0.717) is 12.3 Å². The molecule has 0 spiro atoms. The monoisotopic (exact) mass is 283 g/mol. The van der Waals surface area contributed by atoms with Crippen molar-refractivity contribution in [1.82, 2.24) is 5.32 Å². The second-order valence-corrected chi connectivity index (χ2v) is 6.18. The van der Waals surface area contributed by atoms with Crippen molar-refractivity contribution in [2.45, 2.75) is 39.0 Å². The Morgan fingerprint density at radius 3 is 2.57 bits per heavy atom. The van der Waals surface area contributed by atoms with Crippen LogP contribution in [0.4, 0.5) is 0 Å². The van der Waals surface area contributed by atoms with Crippen molar-refractivity contribution < 1.29 is 9.84 Å². The molecule has 0 saturated heterocycles. The topological polar surface area (TPSA) is 41.5 Å². The van der Waals surface area contributed by atoms with Gasteiger partial charge in [0.1, 0.15) is 17.1 Å². The van der Waals surface area contributed by atoms with Gasteiger partial charge in [-0.25, -0.2) is 0 Å². The maximum atomic E-state index is 9.77. The van der Waals surface area contributed by atoms with Gasteiger partial charge in [-0.2, -0.15) is 0 Å². The highest BCUT2D eigenvalue weighted by Crippen LogP contribution is 2.37. The van der Waals surface area contributed by atoms with Gasteiger partial charge in [-0.1, -0.05) is 36.4 Å². The lowest BCUT2D eigenvalue weighted by atomic mass is 10.0. The number of hydrogen-bond donors (Lipinski definition) is 2. The van der Waals surface area contributed by atoms with Crippen molar-refractivity contribution >= 4 is 0 Å². The molecule has 3 heteroatoms. The molecule has 0 radical (unpaired) electrons. The maximum absolute atomic E-state index is 9.77. The smallest absolute Gasteiger partial charge is 0.127 e. The summed E-state index contributed by atoms with van der Waals surface area (Å²) in [7, 11) is 0. The summed E-state index contributed by atoms with van der Waals surface area (Å²) in [4.78, 5) is 0. The first-order valence-electron chi connectivity index (χ1n) is 7.32. The van der Waals surface area contributed by atoms with Gasteiger partial charge in [0.2, 0.25) is 0 Å². The molecule has 0 bridgehead atoms. The van der Waals surface area contributed by atoms with Gasteiger partial charge in [0.15, 0.2) is 0 Å². The summed E-state index contributed by atoms with van der Waals surface area (Å²) in [5.74, 6) is 1.35. The molecule has 2 N–H and O–H groups in total. The first-order valence-corrected chi connectivity index (χ1v) is 7.32. The molecule has 3 nitrogen and oxygen atoms in total. The number of nitrogens with one attached hydrogen (secondary N) is 1. The Hall–Kier alpha value is -2.00. The van der Waals surface area contributed by atoms with Crippen LogP contribution >= 0.6 is 0 Å². The summed E-state index contributed by atoms with van der Waals surface area (Å²) in [6.07, 6.45) is 0.954. The summed E-state index contributed by atoms with van der Waals surface area (Å²) in [6, 6.07) is 13.7. The number of hydrogen-bond acceptors (Lipinski definition) is 3. The lowest BCUT2D eigenvalue weighted by Gasteiger charge is -2.18. The van der Waals surface area contributed by atoms with Crippen molar-refractivity contribution in [2.75, 3.05) is 0 Å². The molecule has 3 rings (SSSR count). The Balaban J connectivity index is 1.68. The fourth-order valence-corrected chi connectivity index (χ4v) is 2.81. The van der Waals surface area contributed by atoms with Gasteiger partial charge in [0.05, 0.1) is 0 Å². The number of rotatable bonds is 4. The predicted octanol–water partition coefficient (Wildman–Crippen LogP) is 3.40. The highest BCUT2D eigenvalue weighted by Gasteiger charge is 2.31. The number of phenolic OH excluding ortho intramolecular Hbond substituents is 1. The van der Waals surface area contributed by atoms with Gasteiger partial charge in [-0.15, -0.1) is 0 Å². The van der Waals surface area contributed by atoms with E-state index in [-0.39, 0.29) is 5.60 Å². The largest absolute Gasteiger partial charge is 0.508 e. The number of ether oxygens (including phenoxy) is 1. The molecule has 2 aromatic rings. The number of fused-ring (bicyclic) bond motifs is 1. The third-order valence-electron chi connectivity index (χ3n) is 3.80. The minimum atomic E-state index is -0.115. The van der Waals surface area contributed by atoms with Gasteiger partial charge in [0.25, 0.3) is 0 Å². The zero-order chi connectivity index (χ0) is 14.9. The SMILES string of the molecule is CC1(C)Cc2cccc(CNCc3ccccc3O)c2O1. The van der Waals surface area contributed by atoms with Crippen LogP contribution in [-0.4, -0.2) is 10.7 Å². The zero-order valence-corrected chi connectivity index (χ0v) is 12.5. The summed E-state index contributed by atoms with van der Waals surface area (Å²) < 4.78 is 6.06. The van der Waals surface area contributed by atoms with Gasteiger partial charge in [-0.3, -0.25) is 0 Å². The Labute approximate surface area is 125 Å². The Kier molecular flexibility index (Phi) is 3.60. The van der Waals surface area contributed by atoms with Gasteiger partial charge < -0.3 is 15.2 Å². The molecule has 0 atom stereocenters. The average molecular weight is 283 g/mol. The zero-order valence-electron chi connectivity index (χ0n) is 12.5. The second-order valence-electron chi connectivity index (χ2n) is 6.18. The Morgan fingerprint density at radius 1 is 1.05 bits per heavy atom. The fourth-order valence-electron chi connectivity index (χ4n) is 2.81. The minimum Gasteiger partial charge on any atom is -0.508 e. The van der Waals surface area contributed by atoms with Crippen LogP contribution in [0.3, 0.4) is 0 Å². The van der Waals surface area contributed by atoms with E-state index in [1.54, 1.807) is 6.07 Å². The van der Waals surface area contributed by atoms with Crippen LogP contribution in [0.25, 0.3) is 0 Å². The van der Waals surface area contributed by atoms with Crippen LogP contribution < -0.4 is 10.1 Å². The molecule has 0 fully saturated rings. The molecule has 1 aliphatic heterocycles. The lowest BCUT2D eigenvalue weighted by molar-refractivity contribution is 0.137. The molecule has 21 heavy (non-hydrogen) atoms. The number of phenols is 1. The molecule has 1 aliphatic rings. The van der Waals surface area contributed by atoms with Crippen molar-refractivity contribution in [2.24, 2.45) is 0 Å². The Bertz CT molecular complexity index is 649.